The van der Waals surface area contributed by atoms with Gasteiger partial charge in [-0.25, -0.2) is 5.01 Å². The second-order valence-corrected chi connectivity index (χ2v) is 9.19. The third kappa shape index (κ3) is 4.74. The van der Waals surface area contributed by atoms with Gasteiger partial charge in [0, 0.05) is 16.5 Å². The Morgan fingerprint density at radius 1 is 1.03 bits per heavy atom. The van der Waals surface area contributed by atoms with Crippen LogP contribution in [0.2, 0.25) is 0 Å². The number of nitrogens with one attached hydrogen (secondary N) is 1. The van der Waals surface area contributed by atoms with Crippen molar-refractivity contribution in [3.8, 4) is 11.5 Å². The second-order valence-electron chi connectivity index (χ2n) is 8.11. The number of hydrogen-bond acceptors (Lipinski definition) is 7. The third-order valence-electron chi connectivity index (χ3n) is 5.68. The fourth-order valence-electron chi connectivity index (χ4n) is 4.01. The highest BCUT2D eigenvalue weighted by Gasteiger charge is 2.34. The van der Waals surface area contributed by atoms with Crippen molar-refractivity contribution in [3.05, 3.63) is 94.5 Å². The fraction of sp³-hybridized carbons (Fsp3) is 0.222. The van der Waals surface area contributed by atoms with Gasteiger partial charge in [-0.05, 0) is 30.2 Å². The summed E-state index contributed by atoms with van der Waals surface area (Å²) in [4.78, 5) is 18.1. The smallest absolute Gasteiger partial charge is 0.276 e. The number of fused-ring (bicyclic) bond motifs is 2. The van der Waals surface area contributed by atoms with Crippen LogP contribution in [0.15, 0.2) is 82.9 Å². The van der Waals surface area contributed by atoms with Crippen molar-refractivity contribution in [2.24, 2.45) is 10.1 Å². The van der Waals surface area contributed by atoms with Crippen molar-refractivity contribution in [2.75, 3.05) is 12.9 Å². The lowest BCUT2D eigenvalue weighted by molar-refractivity contribution is -0.116. The van der Waals surface area contributed by atoms with E-state index < -0.39 is 6.17 Å². The van der Waals surface area contributed by atoms with E-state index in [9.17, 15) is 4.79 Å². The van der Waals surface area contributed by atoms with Gasteiger partial charge >= 0.3 is 0 Å². The maximum Gasteiger partial charge on any atom is 0.276 e. The van der Waals surface area contributed by atoms with E-state index in [0.29, 0.717) is 29.0 Å². The largest absolute Gasteiger partial charge is 0.493 e. The van der Waals surface area contributed by atoms with Crippen LogP contribution in [-0.2, 0) is 11.4 Å². The monoisotopic (exact) mass is 486 g/mol. The van der Waals surface area contributed by atoms with Crippen LogP contribution in [0.4, 0.5) is 0 Å². The maximum atomic E-state index is 13.2. The number of ether oxygens (including phenoxy) is 2. The molecule has 1 atom stereocenters. The molecule has 0 saturated carbocycles. The topological polar surface area (TPSA) is 75.5 Å². The number of hydrogen-bond donors (Lipinski definition) is 1. The van der Waals surface area contributed by atoms with Gasteiger partial charge in [-0.1, -0.05) is 73.3 Å². The van der Waals surface area contributed by atoms with E-state index in [2.05, 4.69) is 12.2 Å². The molecule has 3 aromatic carbocycles. The number of para-hydroxylation sites is 1. The minimum Gasteiger partial charge on any atom is -0.493 e. The van der Waals surface area contributed by atoms with Crippen molar-refractivity contribution in [1.29, 1.82) is 0 Å². The van der Waals surface area contributed by atoms with Crippen molar-refractivity contribution >= 4 is 28.5 Å². The highest BCUT2D eigenvalue weighted by molar-refractivity contribution is 8.13. The molecule has 2 heterocycles. The summed E-state index contributed by atoms with van der Waals surface area (Å²) in [7, 11) is 1.62. The average Bonchev–Trinajstić information content (AvgIpc) is 2.90. The number of amides is 1. The van der Waals surface area contributed by atoms with Crippen LogP contribution < -0.4 is 25.4 Å². The minimum absolute atomic E-state index is 0.180. The molecule has 2 aliphatic heterocycles. The Morgan fingerprint density at radius 2 is 1.83 bits per heavy atom. The van der Waals surface area contributed by atoms with E-state index in [-0.39, 0.29) is 5.91 Å². The summed E-state index contributed by atoms with van der Waals surface area (Å²) in [5.74, 6) is 1.92. The number of thioether (sulfide) groups is 1. The Balaban J connectivity index is 1.52. The van der Waals surface area contributed by atoms with Crippen molar-refractivity contribution < 1.29 is 14.3 Å². The van der Waals surface area contributed by atoms with Gasteiger partial charge in [-0.2, -0.15) is 0 Å². The lowest BCUT2D eigenvalue weighted by Gasteiger charge is -2.34. The number of nitrogens with zero attached hydrogens (tertiary/aromatic N) is 3. The number of rotatable bonds is 7. The van der Waals surface area contributed by atoms with E-state index in [0.717, 1.165) is 33.9 Å². The Morgan fingerprint density at radius 3 is 2.63 bits per heavy atom. The predicted octanol–water partition coefficient (Wildman–Crippen LogP) is 3.56. The third-order valence-corrected chi connectivity index (χ3v) is 6.75. The number of amidine groups is 1. The first kappa shape index (κ1) is 23.0. The number of carbonyl (C=O) groups excluding carboxylic acids is 1. The molecule has 5 rings (SSSR count). The molecular weight excluding hydrogens is 460 g/mol. The molecule has 2 aliphatic rings. The molecule has 0 aromatic heterocycles. The van der Waals surface area contributed by atoms with Gasteiger partial charge in [0.15, 0.2) is 22.8 Å². The van der Waals surface area contributed by atoms with Gasteiger partial charge in [-0.15, -0.1) is 5.10 Å². The summed E-state index contributed by atoms with van der Waals surface area (Å²) < 4.78 is 11.7. The summed E-state index contributed by atoms with van der Waals surface area (Å²) in [6.45, 7) is 2.53. The molecule has 0 saturated heterocycles. The molecular formula is C27H26N4O3S. The molecule has 0 radical (unpaired) electrons. The molecule has 35 heavy (non-hydrogen) atoms. The fourth-order valence-corrected chi connectivity index (χ4v) is 4.72. The van der Waals surface area contributed by atoms with Crippen molar-refractivity contribution in [1.82, 2.24) is 10.3 Å². The molecule has 3 aromatic rings. The lowest BCUT2D eigenvalue weighted by Crippen LogP contribution is -2.50. The molecule has 7 nitrogen and oxygen atoms in total. The number of methoxy groups -OCH3 is 1. The molecule has 1 amide bonds. The van der Waals surface area contributed by atoms with E-state index in [4.69, 9.17) is 19.6 Å². The standard InChI is InChI=1S/C27H26N4O3S/c1-3-15-35-27-29-26(32)24-20-11-7-8-12-21(20)28-25(31(24)30-27)19-13-14-22(23(16-19)33-2)34-17-18-9-5-4-6-10-18/h4-14,16,25H,3,15,17H2,1-2H3,(H,29,30,32)/t25-/m0/s1. The Labute approximate surface area is 208 Å². The summed E-state index contributed by atoms with van der Waals surface area (Å²) in [6.07, 6.45) is 0.467. The van der Waals surface area contributed by atoms with Gasteiger partial charge in [0.2, 0.25) is 0 Å². The minimum atomic E-state index is -0.514. The zero-order valence-electron chi connectivity index (χ0n) is 19.6. The van der Waals surface area contributed by atoms with E-state index in [1.807, 2.05) is 72.8 Å². The molecule has 0 aliphatic carbocycles. The Bertz CT molecular complexity index is 1390. The predicted molar refractivity (Wildman–Crippen MR) is 137 cm³/mol. The Hall–Kier alpha value is -3.78. The van der Waals surface area contributed by atoms with Crippen LogP contribution in [-0.4, -0.2) is 28.9 Å². The zero-order valence-corrected chi connectivity index (χ0v) is 20.4. The number of carbonyl (C=O) groups is 1. The van der Waals surface area contributed by atoms with Crippen molar-refractivity contribution in [3.63, 3.8) is 0 Å². The molecule has 8 heteroatoms. The van der Waals surface area contributed by atoms with Gasteiger partial charge < -0.3 is 9.47 Å². The summed E-state index contributed by atoms with van der Waals surface area (Å²) in [5.41, 5.74) is 2.41. The van der Waals surface area contributed by atoms with Crippen LogP contribution in [0.3, 0.4) is 0 Å². The lowest BCUT2D eigenvalue weighted by atomic mass is 10.1. The maximum absolute atomic E-state index is 13.2. The van der Waals surface area contributed by atoms with Gasteiger partial charge in [0.1, 0.15) is 12.3 Å². The average molecular weight is 487 g/mol. The first-order valence-corrected chi connectivity index (χ1v) is 12.5. The van der Waals surface area contributed by atoms with E-state index in [1.54, 1.807) is 12.1 Å². The molecule has 0 fully saturated rings. The van der Waals surface area contributed by atoms with Gasteiger partial charge in [0.05, 0.1) is 12.5 Å². The molecule has 1 N–H and O–H groups in total. The molecule has 0 spiro atoms. The van der Waals surface area contributed by atoms with Crippen LogP contribution >= 0.6 is 11.8 Å². The van der Waals surface area contributed by atoms with Crippen LogP contribution in [0.25, 0.3) is 5.70 Å². The Kier molecular flexibility index (Phi) is 6.72. The molecule has 0 bridgehead atoms. The zero-order chi connectivity index (χ0) is 24.2. The second kappa shape index (κ2) is 10.2. The quantitative estimate of drug-likeness (QED) is 0.553. The highest BCUT2D eigenvalue weighted by Crippen LogP contribution is 2.36. The van der Waals surface area contributed by atoms with Crippen LogP contribution in [0.5, 0.6) is 11.5 Å². The van der Waals surface area contributed by atoms with Crippen LogP contribution in [0, 0.1) is 0 Å². The summed E-state index contributed by atoms with van der Waals surface area (Å²) in [5, 5.41) is 11.5. The SMILES string of the molecule is CCCSC1=NN2C(=c3ccccc3=N[C@@H]2c2ccc(OCc3ccccc3)c(OC)c2)C(=O)N1. The van der Waals surface area contributed by atoms with Gasteiger partial charge in [-0.3, -0.25) is 15.1 Å². The van der Waals surface area contributed by atoms with Crippen LogP contribution in [0.1, 0.15) is 30.6 Å². The summed E-state index contributed by atoms with van der Waals surface area (Å²) in [6, 6.07) is 23.4. The summed E-state index contributed by atoms with van der Waals surface area (Å²) >= 11 is 1.53. The van der Waals surface area contributed by atoms with E-state index >= 15 is 0 Å². The molecule has 0 unspecified atom stereocenters. The normalized spacial score (nSPS) is 16.5. The van der Waals surface area contributed by atoms with Gasteiger partial charge in [0.25, 0.3) is 5.91 Å². The first-order chi connectivity index (χ1) is 17.2. The number of benzene rings is 3. The molecule has 178 valence electrons. The van der Waals surface area contributed by atoms with Crippen molar-refractivity contribution in [2.45, 2.75) is 26.1 Å². The highest BCUT2D eigenvalue weighted by atomic mass is 32.2. The van der Waals surface area contributed by atoms with E-state index in [1.165, 1.54) is 11.8 Å². The first-order valence-electron chi connectivity index (χ1n) is 11.5. The number of hydrazone groups is 1.